The Bertz CT molecular complexity index is 1270. The van der Waals surface area contributed by atoms with Crippen LogP contribution in [0.3, 0.4) is 0 Å². The molecule has 1 fully saturated rings. The molecule has 3 heterocycles. The highest BCUT2D eigenvalue weighted by atomic mass is 16.5. The van der Waals surface area contributed by atoms with Gasteiger partial charge in [-0.1, -0.05) is 30.3 Å². The Morgan fingerprint density at radius 3 is 2.69 bits per heavy atom. The number of rotatable bonds is 7. The number of H-pyrrole nitrogens is 1. The monoisotopic (exact) mass is 471 g/mol. The van der Waals surface area contributed by atoms with E-state index in [0.717, 1.165) is 79.5 Å². The Labute approximate surface area is 206 Å². The summed E-state index contributed by atoms with van der Waals surface area (Å²) < 4.78 is 11.0. The molecular formula is C29H33N3O3. The number of benzene rings is 2. The van der Waals surface area contributed by atoms with Crippen molar-refractivity contribution >= 4 is 23.2 Å². The summed E-state index contributed by atoms with van der Waals surface area (Å²) in [5, 5.41) is 3.05. The first-order valence-corrected chi connectivity index (χ1v) is 12.3. The minimum Gasteiger partial charge on any atom is -0.496 e. The van der Waals surface area contributed by atoms with E-state index in [4.69, 9.17) is 9.47 Å². The number of anilines is 1. The maximum Gasteiger partial charge on any atom is 0.256 e. The van der Waals surface area contributed by atoms with E-state index in [-0.39, 0.29) is 5.91 Å². The minimum absolute atomic E-state index is 0.0716. The highest BCUT2D eigenvalue weighted by Crippen LogP contribution is 2.39. The average Bonchev–Trinajstić information content (AvgIpc) is 3.34. The van der Waals surface area contributed by atoms with Crippen molar-refractivity contribution in [3.05, 3.63) is 70.5 Å². The predicted octanol–water partition coefficient (Wildman–Crippen LogP) is 5.06. The van der Waals surface area contributed by atoms with Gasteiger partial charge in [-0.05, 0) is 68.1 Å². The number of carbonyl (C=O) groups is 1. The first-order chi connectivity index (χ1) is 17.0. The van der Waals surface area contributed by atoms with Gasteiger partial charge in [0.05, 0.1) is 25.9 Å². The number of para-hydroxylation sites is 1. The number of hydrogen-bond donors (Lipinski definition) is 2. The van der Waals surface area contributed by atoms with E-state index in [1.165, 1.54) is 16.8 Å². The molecule has 0 saturated carbocycles. The van der Waals surface area contributed by atoms with E-state index in [2.05, 4.69) is 35.1 Å². The summed E-state index contributed by atoms with van der Waals surface area (Å²) >= 11 is 0. The van der Waals surface area contributed by atoms with Gasteiger partial charge in [0, 0.05) is 41.3 Å². The molecule has 0 atom stereocenters. The van der Waals surface area contributed by atoms with Crippen LogP contribution in [0.2, 0.25) is 0 Å². The van der Waals surface area contributed by atoms with E-state index in [9.17, 15) is 4.79 Å². The molecule has 0 spiro atoms. The van der Waals surface area contributed by atoms with Gasteiger partial charge in [0.15, 0.2) is 0 Å². The molecule has 6 heteroatoms. The van der Waals surface area contributed by atoms with Gasteiger partial charge in [0.2, 0.25) is 0 Å². The zero-order valence-corrected chi connectivity index (χ0v) is 20.7. The minimum atomic E-state index is -0.0716. The molecule has 35 heavy (non-hydrogen) atoms. The summed E-state index contributed by atoms with van der Waals surface area (Å²) in [7, 11) is 1.67. The lowest BCUT2D eigenvalue weighted by molar-refractivity contribution is -0.110. The third-order valence-corrected chi connectivity index (χ3v) is 7.15. The van der Waals surface area contributed by atoms with E-state index in [1.54, 1.807) is 7.11 Å². The van der Waals surface area contributed by atoms with Crippen molar-refractivity contribution in [2.24, 2.45) is 0 Å². The standard InChI is InChI=1S/C29H33N3O3/c1-19-22(8-6-12-32-13-15-35-16-14-32)20(2)30-26(19)18-25-24-11-10-21(17-27(24)31-29(25)33)23-7-4-5-9-28(23)34-3/h4-5,7,9-11,17-18,30H,6,8,12-16H2,1-3H3,(H,31,33)/b25-18-. The van der Waals surface area contributed by atoms with E-state index < -0.39 is 0 Å². The molecule has 1 saturated heterocycles. The number of methoxy groups -OCH3 is 1. The Kier molecular flexibility index (Phi) is 6.75. The van der Waals surface area contributed by atoms with Crippen molar-refractivity contribution in [1.29, 1.82) is 0 Å². The van der Waals surface area contributed by atoms with Crippen LogP contribution < -0.4 is 10.1 Å². The Balaban J connectivity index is 1.37. The number of amides is 1. The van der Waals surface area contributed by atoms with Crippen molar-refractivity contribution in [1.82, 2.24) is 9.88 Å². The summed E-state index contributed by atoms with van der Waals surface area (Å²) in [6.45, 7) is 9.09. The topological polar surface area (TPSA) is 66.6 Å². The maximum absolute atomic E-state index is 12.9. The van der Waals surface area contributed by atoms with Gasteiger partial charge < -0.3 is 19.8 Å². The number of aromatic nitrogens is 1. The summed E-state index contributed by atoms with van der Waals surface area (Å²) in [5.74, 6) is 0.740. The lowest BCUT2D eigenvalue weighted by atomic mass is 9.98. The zero-order valence-electron chi connectivity index (χ0n) is 20.7. The van der Waals surface area contributed by atoms with Gasteiger partial charge in [0.1, 0.15) is 5.75 Å². The Morgan fingerprint density at radius 2 is 1.89 bits per heavy atom. The molecule has 1 amide bonds. The fraction of sp³-hybridized carbons (Fsp3) is 0.345. The summed E-state index contributed by atoms with van der Waals surface area (Å²) in [6.07, 6.45) is 4.14. The van der Waals surface area contributed by atoms with Gasteiger partial charge in [-0.2, -0.15) is 0 Å². The molecule has 2 aromatic carbocycles. The number of aryl methyl sites for hydroxylation is 1. The van der Waals surface area contributed by atoms with E-state index in [0.29, 0.717) is 5.57 Å². The van der Waals surface area contributed by atoms with Crippen LogP contribution in [-0.4, -0.2) is 55.7 Å². The van der Waals surface area contributed by atoms with Gasteiger partial charge >= 0.3 is 0 Å². The van der Waals surface area contributed by atoms with Crippen molar-refractivity contribution < 1.29 is 14.3 Å². The second-order valence-electron chi connectivity index (χ2n) is 9.30. The number of nitrogens with zero attached hydrogens (tertiary/aromatic N) is 1. The number of hydrogen-bond acceptors (Lipinski definition) is 4. The molecule has 182 valence electrons. The highest BCUT2D eigenvalue weighted by molar-refractivity contribution is 6.35. The third-order valence-electron chi connectivity index (χ3n) is 7.15. The second-order valence-corrected chi connectivity index (χ2v) is 9.30. The molecule has 2 N–H and O–H groups in total. The number of aromatic amines is 1. The Hall–Kier alpha value is -3.35. The van der Waals surface area contributed by atoms with E-state index in [1.807, 2.05) is 42.5 Å². The second kappa shape index (κ2) is 10.1. The van der Waals surface area contributed by atoms with Crippen molar-refractivity contribution in [3.8, 4) is 16.9 Å². The third kappa shape index (κ3) is 4.77. The van der Waals surface area contributed by atoms with Crippen molar-refractivity contribution in [2.45, 2.75) is 26.7 Å². The molecule has 0 unspecified atom stereocenters. The summed E-state index contributed by atoms with van der Waals surface area (Å²) in [4.78, 5) is 18.9. The smallest absolute Gasteiger partial charge is 0.256 e. The number of fused-ring (bicyclic) bond motifs is 1. The molecule has 0 bridgehead atoms. The number of nitrogens with one attached hydrogen (secondary N) is 2. The van der Waals surface area contributed by atoms with Crippen molar-refractivity contribution in [3.63, 3.8) is 0 Å². The zero-order chi connectivity index (χ0) is 24.4. The maximum atomic E-state index is 12.9. The fourth-order valence-corrected chi connectivity index (χ4v) is 5.17. The van der Waals surface area contributed by atoms with Gasteiger partial charge in [0.25, 0.3) is 5.91 Å². The molecule has 3 aromatic rings. The molecule has 2 aliphatic heterocycles. The molecule has 2 aliphatic rings. The lowest BCUT2D eigenvalue weighted by Gasteiger charge is -2.26. The predicted molar refractivity (Wildman–Crippen MR) is 141 cm³/mol. The SMILES string of the molecule is COc1ccccc1-c1ccc2c(c1)NC(=O)/C2=C\c1[nH]c(C)c(CCCN2CCOCC2)c1C. The molecule has 1 aromatic heterocycles. The fourth-order valence-electron chi connectivity index (χ4n) is 5.17. The van der Waals surface area contributed by atoms with Crippen LogP contribution in [0.4, 0.5) is 5.69 Å². The van der Waals surface area contributed by atoms with Crippen LogP contribution >= 0.6 is 0 Å². The van der Waals surface area contributed by atoms with Crippen LogP contribution in [0, 0.1) is 13.8 Å². The first kappa shape index (κ1) is 23.4. The number of morpholine rings is 1. The molecular weight excluding hydrogens is 438 g/mol. The van der Waals surface area contributed by atoms with Gasteiger partial charge in [-0.25, -0.2) is 0 Å². The van der Waals surface area contributed by atoms with E-state index >= 15 is 0 Å². The molecule has 5 rings (SSSR count). The molecule has 0 radical (unpaired) electrons. The number of carbonyl (C=O) groups excluding carboxylic acids is 1. The average molecular weight is 472 g/mol. The summed E-state index contributed by atoms with van der Waals surface area (Å²) in [6, 6.07) is 14.0. The highest BCUT2D eigenvalue weighted by Gasteiger charge is 2.25. The largest absolute Gasteiger partial charge is 0.496 e. The van der Waals surface area contributed by atoms with Crippen molar-refractivity contribution in [2.75, 3.05) is 45.3 Å². The van der Waals surface area contributed by atoms with Crippen LogP contribution in [0.25, 0.3) is 22.8 Å². The normalized spacial score (nSPS) is 17.0. The molecule has 0 aliphatic carbocycles. The van der Waals surface area contributed by atoms with Gasteiger partial charge in [-0.15, -0.1) is 0 Å². The lowest BCUT2D eigenvalue weighted by Crippen LogP contribution is -2.36. The number of ether oxygens (including phenoxy) is 2. The van der Waals surface area contributed by atoms with Gasteiger partial charge in [-0.3, -0.25) is 9.69 Å². The molecule has 6 nitrogen and oxygen atoms in total. The first-order valence-electron chi connectivity index (χ1n) is 12.3. The van der Waals surface area contributed by atoms with Crippen LogP contribution in [-0.2, 0) is 16.0 Å². The Morgan fingerprint density at radius 1 is 1.09 bits per heavy atom. The van der Waals surface area contributed by atoms with Crippen LogP contribution in [0.1, 0.15) is 34.5 Å². The van der Waals surface area contributed by atoms with Crippen LogP contribution in [0.15, 0.2) is 42.5 Å². The summed E-state index contributed by atoms with van der Waals surface area (Å²) in [5.41, 5.74) is 9.23. The quantitative estimate of drug-likeness (QED) is 0.473. The van der Waals surface area contributed by atoms with Crippen LogP contribution in [0.5, 0.6) is 5.75 Å².